The predicted molar refractivity (Wildman–Crippen MR) is 107 cm³/mol. The average Bonchev–Trinajstić information content (AvgIpc) is 2.70. The molecule has 3 rings (SSSR count). The van der Waals surface area contributed by atoms with Crippen molar-refractivity contribution in [2.75, 3.05) is 0 Å². The molecule has 7 nitrogen and oxygen atoms in total. The van der Waals surface area contributed by atoms with Crippen molar-refractivity contribution in [3.63, 3.8) is 0 Å². The minimum atomic E-state index is -0.788. The molecule has 0 saturated heterocycles. The highest BCUT2D eigenvalue weighted by Gasteiger charge is 2.19. The van der Waals surface area contributed by atoms with E-state index in [1.54, 1.807) is 19.1 Å². The Labute approximate surface area is 170 Å². The van der Waals surface area contributed by atoms with E-state index < -0.39 is 28.7 Å². The molecule has 2 aromatic carbocycles. The number of hydrogen-bond acceptors (Lipinski definition) is 4. The topological polar surface area (TPSA) is 86.0 Å². The number of carbonyl (C=O) groups is 1. The van der Waals surface area contributed by atoms with Crippen molar-refractivity contribution < 1.29 is 9.18 Å². The van der Waals surface area contributed by atoms with Crippen LogP contribution in [-0.4, -0.2) is 20.3 Å². The molecule has 9 heteroatoms. The van der Waals surface area contributed by atoms with Crippen LogP contribution in [0.15, 0.2) is 52.1 Å². The molecule has 0 aliphatic carbocycles. The number of halogens is 2. The van der Waals surface area contributed by atoms with Gasteiger partial charge in [-0.1, -0.05) is 29.8 Å². The maximum absolute atomic E-state index is 13.0. The predicted octanol–water partition coefficient (Wildman–Crippen LogP) is 2.45. The maximum Gasteiger partial charge on any atom is 0.352 e. The molecular weight excluding hydrogens is 399 g/mol. The Bertz CT molecular complexity index is 1190. The van der Waals surface area contributed by atoms with Gasteiger partial charge >= 0.3 is 5.69 Å². The van der Waals surface area contributed by atoms with Crippen molar-refractivity contribution in [2.24, 2.45) is 0 Å². The van der Waals surface area contributed by atoms with E-state index in [1.807, 2.05) is 6.92 Å². The molecule has 0 radical (unpaired) electrons. The Hall–Kier alpha value is -3.26. The van der Waals surface area contributed by atoms with E-state index in [9.17, 15) is 18.8 Å². The summed E-state index contributed by atoms with van der Waals surface area (Å²) in [5.41, 5.74) is -0.0968. The lowest BCUT2D eigenvalue weighted by Crippen LogP contribution is -2.45. The molecule has 0 aliphatic rings. The molecule has 1 aromatic heterocycles. The lowest BCUT2D eigenvalue weighted by atomic mass is 10.2. The van der Waals surface area contributed by atoms with Crippen LogP contribution in [0.3, 0.4) is 0 Å². The first-order valence-corrected chi connectivity index (χ1v) is 9.23. The van der Waals surface area contributed by atoms with Crippen LogP contribution >= 0.6 is 11.6 Å². The summed E-state index contributed by atoms with van der Waals surface area (Å²) in [5.74, 6) is -1.13. The number of nitrogens with one attached hydrogen (secondary N) is 1. The van der Waals surface area contributed by atoms with Crippen molar-refractivity contribution >= 4 is 17.5 Å². The van der Waals surface area contributed by atoms with Gasteiger partial charge in [-0.05, 0) is 49.2 Å². The Morgan fingerprint density at radius 2 is 1.86 bits per heavy atom. The van der Waals surface area contributed by atoms with Gasteiger partial charge in [-0.25, -0.2) is 9.18 Å². The first-order chi connectivity index (χ1) is 13.8. The fourth-order valence-electron chi connectivity index (χ4n) is 2.69. The SMILES string of the molecule is CCn1c(=O)c(C(=O)NCc2ccc(F)cc2)nn(-c2ccc(C)c(Cl)c2)c1=O. The number of aromatic nitrogens is 3. The Balaban J connectivity index is 2.00. The van der Waals surface area contributed by atoms with E-state index in [4.69, 9.17) is 11.6 Å². The van der Waals surface area contributed by atoms with E-state index in [0.717, 1.165) is 14.8 Å². The molecule has 150 valence electrons. The highest BCUT2D eigenvalue weighted by Crippen LogP contribution is 2.18. The molecule has 1 amide bonds. The van der Waals surface area contributed by atoms with Gasteiger partial charge < -0.3 is 5.32 Å². The Kier molecular flexibility index (Phi) is 5.93. The second-order valence-corrected chi connectivity index (χ2v) is 6.74. The molecule has 0 saturated carbocycles. The van der Waals surface area contributed by atoms with Crippen molar-refractivity contribution in [1.29, 1.82) is 0 Å². The number of amides is 1. The largest absolute Gasteiger partial charge is 0.352 e. The molecule has 0 spiro atoms. The highest BCUT2D eigenvalue weighted by atomic mass is 35.5. The van der Waals surface area contributed by atoms with E-state index >= 15 is 0 Å². The number of nitrogens with zero attached hydrogens (tertiary/aromatic N) is 3. The molecule has 0 bridgehead atoms. The first-order valence-electron chi connectivity index (χ1n) is 8.85. The molecular formula is C20H18ClFN4O3. The zero-order valence-corrected chi connectivity index (χ0v) is 16.5. The molecule has 1 heterocycles. The molecule has 29 heavy (non-hydrogen) atoms. The third-order valence-electron chi connectivity index (χ3n) is 4.36. The monoisotopic (exact) mass is 416 g/mol. The summed E-state index contributed by atoms with van der Waals surface area (Å²) in [6, 6.07) is 10.4. The van der Waals surface area contributed by atoms with Gasteiger partial charge in [0.15, 0.2) is 0 Å². The van der Waals surface area contributed by atoms with E-state index in [2.05, 4.69) is 10.4 Å². The summed E-state index contributed by atoms with van der Waals surface area (Å²) in [6.45, 7) is 3.57. The summed E-state index contributed by atoms with van der Waals surface area (Å²) < 4.78 is 14.9. The van der Waals surface area contributed by atoms with Gasteiger partial charge in [0.05, 0.1) is 5.69 Å². The van der Waals surface area contributed by atoms with Crippen LogP contribution in [0.1, 0.15) is 28.5 Å². The first kappa shape index (κ1) is 20.5. The second-order valence-electron chi connectivity index (χ2n) is 6.34. The molecule has 0 atom stereocenters. The van der Waals surface area contributed by atoms with Crippen molar-refractivity contribution in [3.8, 4) is 5.69 Å². The quantitative estimate of drug-likeness (QED) is 0.692. The van der Waals surface area contributed by atoms with Crippen LogP contribution in [0.2, 0.25) is 5.02 Å². The number of hydrogen-bond donors (Lipinski definition) is 1. The molecule has 0 aliphatic heterocycles. The average molecular weight is 417 g/mol. The summed E-state index contributed by atoms with van der Waals surface area (Å²) in [6.07, 6.45) is 0. The van der Waals surface area contributed by atoms with Crippen LogP contribution in [0.25, 0.3) is 5.69 Å². The fourth-order valence-corrected chi connectivity index (χ4v) is 2.86. The number of benzene rings is 2. The van der Waals surface area contributed by atoms with Gasteiger partial charge in [-0.15, -0.1) is 0 Å². The van der Waals surface area contributed by atoms with E-state index in [0.29, 0.717) is 16.3 Å². The molecule has 0 unspecified atom stereocenters. The van der Waals surface area contributed by atoms with Crippen molar-refractivity contribution in [1.82, 2.24) is 19.7 Å². The van der Waals surface area contributed by atoms with Gasteiger partial charge in [0.2, 0.25) is 5.69 Å². The summed E-state index contributed by atoms with van der Waals surface area (Å²) in [5, 5.41) is 6.98. The third-order valence-corrected chi connectivity index (χ3v) is 4.76. The Morgan fingerprint density at radius 1 is 1.17 bits per heavy atom. The Morgan fingerprint density at radius 3 is 2.48 bits per heavy atom. The van der Waals surface area contributed by atoms with Gasteiger partial charge in [-0.3, -0.25) is 14.2 Å². The van der Waals surface area contributed by atoms with Crippen LogP contribution in [0, 0.1) is 12.7 Å². The number of aryl methyl sites for hydroxylation is 1. The lowest BCUT2D eigenvalue weighted by molar-refractivity contribution is 0.0941. The molecule has 3 aromatic rings. The zero-order chi connectivity index (χ0) is 21.1. The van der Waals surface area contributed by atoms with Crippen LogP contribution < -0.4 is 16.6 Å². The maximum atomic E-state index is 13.0. The van der Waals surface area contributed by atoms with E-state index in [-0.39, 0.29) is 13.1 Å². The molecule has 1 N–H and O–H groups in total. The fraction of sp³-hybridized carbons (Fsp3) is 0.200. The smallest absolute Gasteiger partial charge is 0.346 e. The van der Waals surface area contributed by atoms with Crippen LogP contribution in [0.5, 0.6) is 0 Å². The van der Waals surface area contributed by atoms with Gasteiger partial charge in [0.25, 0.3) is 11.5 Å². The summed E-state index contributed by atoms with van der Waals surface area (Å²) >= 11 is 6.13. The van der Waals surface area contributed by atoms with Crippen LogP contribution in [-0.2, 0) is 13.1 Å². The van der Waals surface area contributed by atoms with Gasteiger partial charge in [0.1, 0.15) is 5.82 Å². The van der Waals surface area contributed by atoms with Crippen LogP contribution in [0.4, 0.5) is 4.39 Å². The minimum Gasteiger partial charge on any atom is -0.346 e. The summed E-state index contributed by atoms with van der Waals surface area (Å²) in [7, 11) is 0. The van der Waals surface area contributed by atoms with E-state index in [1.165, 1.54) is 30.3 Å². The second kappa shape index (κ2) is 8.40. The zero-order valence-electron chi connectivity index (χ0n) is 15.8. The van der Waals surface area contributed by atoms with Crippen molar-refractivity contribution in [2.45, 2.75) is 26.9 Å². The summed E-state index contributed by atoms with van der Waals surface area (Å²) in [4.78, 5) is 37.8. The highest BCUT2D eigenvalue weighted by molar-refractivity contribution is 6.31. The van der Waals surface area contributed by atoms with Gasteiger partial charge in [0, 0.05) is 18.1 Å². The minimum absolute atomic E-state index is 0.0675. The lowest BCUT2D eigenvalue weighted by Gasteiger charge is -2.12. The third kappa shape index (κ3) is 4.27. The normalized spacial score (nSPS) is 10.8. The number of carbonyl (C=O) groups excluding carboxylic acids is 1. The number of rotatable bonds is 5. The van der Waals surface area contributed by atoms with Gasteiger partial charge in [-0.2, -0.15) is 9.78 Å². The standard InChI is InChI=1S/C20H18ClFN4O3/c1-3-25-19(28)17(18(27)23-11-13-5-7-14(22)8-6-13)24-26(20(25)29)15-9-4-12(2)16(21)10-15/h4-10H,3,11H2,1-2H3,(H,23,27). The van der Waals surface area contributed by atoms with Crippen molar-refractivity contribution in [3.05, 3.63) is 91.0 Å². The molecule has 0 fully saturated rings.